The number of hydrogen-bond acceptors (Lipinski definition) is 4. The summed E-state index contributed by atoms with van der Waals surface area (Å²) in [6.07, 6.45) is 9.05. The summed E-state index contributed by atoms with van der Waals surface area (Å²) >= 11 is 0. The Balaban J connectivity index is 1.45. The third kappa shape index (κ3) is 6.20. The van der Waals surface area contributed by atoms with Gasteiger partial charge in [-0.15, -0.1) is 0 Å². The van der Waals surface area contributed by atoms with E-state index in [9.17, 15) is 13.2 Å². The molecule has 0 radical (unpaired) electrons. The fourth-order valence-corrected chi connectivity index (χ4v) is 5.13. The van der Waals surface area contributed by atoms with Crippen LogP contribution in [0.4, 0.5) is 5.69 Å². The zero-order valence-corrected chi connectivity index (χ0v) is 19.3. The Hall–Kier alpha value is -1.60. The van der Waals surface area contributed by atoms with Crippen molar-refractivity contribution in [2.45, 2.75) is 95.5 Å². The van der Waals surface area contributed by atoms with Crippen molar-refractivity contribution in [1.29, 1.82) is 0 Å². The van der Waals surface area contributed by atoms with E-state index in [1.54, 1.807) is 20.8 Å². The van der Waals surface area contributed by atoms with Crippen LogP contribution in [0.5, 0.6) is 5.75 Å². The summed E-state index contributed by atoms with van der Waals surface area (Å²) in [5.41, 5.74) is 0.770. The first-order valence-electron chi connectivity index (χ1n) is 11.2. The van der Waals surface area contributed by atoms with E-state index in [0.29, 0.717) is 31.8 Å². The largest absolute Gasteiger partial charge is 0.490 e. The van der Waals surface area contributed by atoms with Gasteiger partial charge in [-0.25, -0.2) is 13.1 Å². The van der Waals surface area contributed by atoms with E-state index < -0.39 is 14.8 Å². The monoisotopic (exact) mass is 436 g/mol. The van der Waals surface area contributed by atoms with Gasteiger partial charge in [0, 0.05) is 17.6 Å². The lowest BCUT2D eigenvalue weighted by molar-refractivity contribution is -0.120. The molecule has 168 valence electrons. The lowest BCUT2D eigenvalue weighted by Crippen LogP contribution is -2.46. The molecule has 3 rings (SSSR count). The van der Waals surface area contributed by atoms with Crippen molar-refractivity contribution in [3.05, 3.63) is 24.3 Å². The van der Waals surface area contributed by atoms with E-state index in [1.807, 2.05) is 24.3 Å². The highest BCUT2D eigenvalue weighted by Crippen LogP contribution is 2.28. The number of carbonyl (C=O) groups is 1. The molecule has 0 atom stereocenters. The van der Waals surface area contributed by atoms with Crippen LogP contribution in [0.25, 0.3) is 0 Å². The first kappa shape index (κ1) is 23.1. The van der Waals surface area contributed by atoms with Gasteiger partial charge in [-0.2, -0.15) is 0 Å². The molecule has 1 aromatic rings. The summed E-state index contributed by atoms with van der Waals surface area (Å²) in [5, 5.41) is 3.00. The number of nitrogens with one attached hydrogen (secondary N) is 2. The van der Waals surface area contributed by atoms with Crippen molar-refractivity contribution in [1.82, 2.24) is 4.72 Å². The highest BCUT2D eigenvalue weighted by atomic mass is 32.2. The van der Waals surface area contributed by atoms with Crippen molar-refractivity contribution in [3.63, 3.8) is 0 Å². The molecule has 0 heterocycles. The molecular weight excluding hydrogens is 400 g/mol. The molecule has 0 unspecified atom stereocenters. The number of benzene rings is 1. The smallest absolute Gasteiger partial charge is 0.227 e. The summed E-state index contributed by atoms with van der Waals surface area (Å²) in [7, 11) is -3.36. The van der Waals surface area contributed by atoms with Crippen molar-refractivity contribution < 1.29 is 17.9 Å². The maximum Gasteiger partial charge on any atom is 0.227 e. The molecule has 0 bridgehead atoms. The molecule has 2 fully saturated rings. The molecule has 0 saturated heterocycles. The van der Waals surface area contributed by atoms with Crippen LogP contribution in [0.2, 0.25) is 0 Å². The number of amides is 1. The molecule has 0 aliphatic heterocycles. The summed E-state index contributed by atoms with van der Waals surface area (Å²) in [5.74, 6) is 0.776. The van der Waals surface area contributed by atoms with Gasteiger partial charge < -0.3 is 10.1 Å². The van der Waals surface area contributed by atoms with E-state index in [0.717, 1.165) is 24.3 Å². The molecular formula is C23H36N2O4S. The van der Waals surface area contributed by atoms with Gasteiger partial charge in [-0.1, -0.05) is 6.42 Å². The SMILES string of the molecule is CC(C)(C)S(=O)(=O)NC1CCC(C(=O)Nc2ccc(OC3CCCCC3)cc2)CC1. The van der Waals surface area contributed by atoms with Gasteiger partial charge in [0.1, 0.15) is 5.75 Å². The number of sulfonamides is 1. The third-order valence-corrected chi connectivity index (χ3v) is 8.46. The van der Waals surface area contributed by atoms with Crippen molar-refractivity contribution >= 4 is 21.6 Å². The first-order chi connectivity index (χ1) is 14.1. The molecule has 30 heavy (non-hydrogen) atoms. The second-order valence-corrected chi connectivity index (χ2v) is 12.1. The maximum atomic E-state index is 12.6. The highest BCUT2D eigenvalue weighted by molar-refractivity contribution is 7.90. The van der Waals surface area contributed by atoms with Crippen LogP contribution >= 0.6 is 0 Å². The molecule has 2 saturated carbocycles. The molecule has 2 aliphatic rings. The molecule has 1 amide bonds. The zero-order valence-electron chi connectivity index (χ0n) is 18.4. The lowest BCUT2D eigenvalue weighted by atomic mass is 9.86. The van der Waals surface area contributed by atoms with Crippen molar-refractivity contribution in [3.8, 4) is 5.75 Å². The van der Waals surface area contributed by atoms with Crippen molar-refractivity contribution in [2.75, 3.05) is 5.32 Å². The van der Waals surface area contributed by atoms with Crippen LogP contribution in [-0.4, -0.2) is 31.2 Å². The first-order valence-corrected chi connectivity index (χ1v) is 12.7. The van der Waals surface area contributed by atoms with E-state index >= 15 is 0 Å². The van der Waals surface area contributed by atoms with Gasteiger partial charge >= 0.3 is 0 Å². The normalized spacial score (nSPS) is 23.7. The molecule has 0 spiro atoms. The van der Waals surface area contributed by atoms with Gasteiger partial charge in [-0.3, -0.25) is 4.79 Å². The molecule has 7 heteroatoms. The van der Waals surface area contributed by atoms with Crippen LogP contribution in [0, 0.1) is 5.92 Å². The van der Waals surface area contributed by atoms with Crippen LogP contribution in [-0.2, 0) is 14.8 Å². The van der Waals surface area contributed by atoms with Crippen molar-refractivity contribution in [2.24, 2.45) is 5.92 Å². The quantitative estimate of drug-likeness (QED) is 0.682. The number of ether oxygens (including phenoxy) is 1. The minimum absolute atomic E-state index is 0.00748. The van der Waals surface area contributed by atoms with E-state index in [1.165, 1.54) is 19.3 Å². The van der Waals surface area contributed by atoms with E-state index in [-0.39, 0.29) is 17.9 Å². The second-order valence-electron chi connectivity index (χ2n) is 9.67. The Labute approximate surface area is 181 Å². The Bertz CT molecular complexity index is 801. The standard InChI is InChI=1S/C23H36N2O4S/c1-23(2,3)30(27,28)25-19-11-9-17(10-12-19)22(26)24-18-13-15-21(16-14-18)29-20-7-5-4-6-8-20/h13-17,19-20,25H,4-12H2,1-3H3,(H,24,26). The minimum atomic E-state index is -3.36. The number of carbonyl (C=O) groups excluding carboxylic acids is 1. The van der Waals surface area contributed by atoms with Crippen LogP contribution in [0.1, 0.15) is 78.6 Å². The fraction of sp³-hybridized carbons (Fsp3) is 0.696. The fourth-order valence-electron chi connectivity index (χ4n) is 4.11. The predicted octanol–water partition coefficient (Wildman–Crippen LogP) is 4.61. The molecule has 1 aromatic carbocycles. The molecule has 2 N–H and O–H groups in total. The zero-order chi connectivity index (χ0) is 21.8. The Morgan fingerprint density at radius 1 is 0.933 bits per heavy atom. The number of hydrogen-bond donors (Lipinski definition) is 2. The predicted molar refractivity (Wildman–Crippen MR) is 120 cm³/mol. The lowest BCUT2D eigenvalue weighted by Gasteiger charge is -2.30. The van der Waals surface area contributed by atoms with E-state index in [2.05, 4.69) is 10.0 Å². The van der Waals surface area contributed by atoms with Crippen LogP contribution in [0.15, 0.2) is 24.3 Å². The van der Waals surface area contributed by atoms with Gasteiger partial charge in [0.25, 0.3) is 0 Å². The second kappa shape index (κ2) is 9.69. The van der Waals surface area contributed by atoms with Gasteiger partial charge in [-0.05, 0) is 96.4 Å². The Morgan fingerprint density at radius 3 is 2.10 bits per heavy atom. The Morgan fingerprint density at radius 2 is 1.53 bits per heavy atom. The Kier molecular flexibility index (Phi) is 7.45. The highest BCUT2D eigenvalue weighted by Gasteiger charge is 2.34. The van der Waals surface area contributed by atoms with Gasteiger partial charge in [0.05, 0.1) is 10.9 Å². The van der Waals surface area contributed by atoms with Crippen LogP contribution < -0.4 is 14.8 Å². The molecule has 2 aliphatic carbocycles. The van der Waals surface area contributed by atoms with Gasteiger partial charge in [0.2, 0.25) is 15.9 Å². The molecule has 0 aromatic heterocycles. The summed E-state index contributed by atoms with van der Waals surface area (Å²) in [6, 6.07) is 7.53. The summed E-state index contributed by atoms with van der Waals surface area (Å²) < 4.78 is 32.7. The topological polar surface area (TPSA) is 84.5 Å². The maximum absolute atomic E-state index is 12.6. The number of rotatable bonds is 6. The van der Waals surface area contributed by atoms with E-state index in [4.69, 9.17) is 4.74 Å². The summed E-state index contributed by atoms with van der Waals surface area (Å²) in [6.45, 7) is 5.08. The third-order valence-electron chi connectivity index (χ3n) is 6.20. The minimum Gasteiger partial charge on any atom is -0.490 e. The molecule has 6 nitrogen and oxygen atoms in total. The summed E-state index contributed by atoms with van der Waals surface area (Å²) in [4.78, 5) is 12.6. The average molecular weight is 437 g/mol. The van der Waals surface area contributed by atoms with Gasteiger partial charge in [0.15, 0.2) is 0 Å². The van der Waals surface area contributed by atoms with Crippen LogP contribution in [0.3, 0.4) is 0 Å². The average Bonchev–Trinajstić information content (AvgIpc) is 2.70. The number of anilines is 1.